The van der Waals surface area contributed by atoms with E-state index in [0.717, 1.165) is 26.9 Å². The third-order valence-electron chi connectivity index (χ3n) is 3.00. The van der Waals surface area contributed by atoms with Crippen molar-refractivity contribution >= 4 is 27.0 Å². The first kappa shape index (κ1) is 12.5. The molecule has 0 atom stereocenters. The van der Waals surface area contributed by atoms with Gasteiger partial charge in [-0.15, -0.1) is 0 Å². The Hall–Kier alpha value is -0.960. The van der Waals surface area contributed by atoms with Crippen molar-refractivity contribution in [2.75, 3.05) is 0 Å². The van der Waals surface area contributed by atoms with Crippen LogP contribution in [-0.4, -0.2) is 9.97 Å². The summed E-state index contributed by atoms with van der Waals surface area (Å²) in [4.78, 5) is 9.21. The van der Waals surface area contributed by atoms with Crippen LogP contribution in [0.5, 0.6) is 0 Å². The minimum absolute atomic E-state index is 0.122. The summed E-state index contributed by atoms with van der Waals surface area (Å²) in [6.45, 7) is 10.6. The van der Waals surface area contributed by atoms with E-state index in [-0.39, 0.29) is 5.41 Å². The molecule has 90 valence electrons. The van der Waals surface area contributed by atoms with Gasteiger partial charge in [0.25, 0.3) is 0 Å². The number of hydrogen-bond acceptors (Lipinski definition) is 2. The van der Waals surface area contributed by atoms with Gasteiger partial charge >= 0.3 is 0 Å². The second kappa shape index (κ2) is 4.05. The minimum Gasteiger partial charge on any atom is -0.250 e. The van der Waals surface area contributed by atoms with Crippen molar-refractivity contribution in [2.45, 2.75) is 40.0 Å². The van der Waals surface area contributed by atoms with E-state index in [2.05, 4.69) is 58.8 Å². The number of nitrogens with zero attached hydrogens (tertiary/aromatic N) is 2. The van der Waals surface area contributed by atoms with E-state index in [9.17, 15) is 0 Å². The first-order valence-corrected chi connectivity index (χ1v) is 6.53. The van der Waals surface area contributed by atoms with Crippen LogP contribution in [0.4, 0.5) is 0 Å². The number of hydrogen-bond donors (Lipinski definition) is 0. The molecule has 2 aromatic rings. The lowest BCUT2D eigenvalue weighted by atomic mass is 9.87. The van der Waals surface area contributed by atoms with Crippen LogP contribution in [-0.2, 0) is 5.41 Å². The number of aromatic nitrogens is 2. The van der Waals surface area contributed by atoms with Gasteiger partial charge in [-0.05, 0) is 52.9 Å². The monoisotopic (exact) mass is 292 g/mol. The van der Waals surface area contributed by atoms with Gasteiger partial charge in [0.15, 0.2) is 0 Å². The zero-order valence-corrected chi connectivity index (χ0v) is 12.5. The summed E-state index contributed by atoms with van der Waals surface area (Å²) in [5.41, 5.74) is 5.29. The summed E-state index contributed by atoms with van der Waals surface area (Å²) in [7, 11) is 0. The van der Waals surface area contributed by atoms with Crippen LogP contribution < -0.4 is 0 Å². The van der Waals surface area contributed by atoms with Crippen LogP contribution in [0.25, 0.3) is 11.0 Å². The van der Waals surface area contributed by atoms with Crippen molar-refractivity contribution in [3.05, 3.63) is 33.6 Å². The normalized spacial score (nSPS) is 12.1. The maximum Gasteiger partial charge on any atom is 0.103 e. The average Bonchev–Trinajstić information content (AvgIpc) is 2.19. The van der Waals surface area contributed by atoms with Crippen molar-refractivity contribution in [3.63, 3.8) is 0 Å². The standard InChI is InChI=1S/C14H17BrN2/c1-8-9(2)17-13-11(15)6-10(14(3,4)5)7-12(13)16-8/h6-7H,1-5H3. The predicted octanol–water partition coefficient (Wildman–Crippen LogP) is 4.31. The van der Waals surface area contributed by atoms with Gasteiger partial charge in [0, 0.05) is 4.47 Å². The molecule has 0 saturated carbocycles. The fraction of sp³-hybridized carbons (Fsp3) is 0.429. The van der Waals surface area contributed by atoms with Crippen molar-refractivity contribution in [1.82, 2.24) is 9.97 Å². The molecular formula is C14H17BrN2. The zero-order valence-electron chi connectivity index (χ0n) is 10.9. The Morgan fingerprint density at radius 3 is 2.18 bits per heavy atom. The Morgan fingerprint density at radius 2 is 1.59 bits per heavy atom. The molecule has 1 aromatic carbocycles. The number of halogens is 1. The summed E-state index contributed by atoms with van der Waals surface area (Å²) < 4.78 is 1.02. The Morgan fingerprint density at radius 1 is 1.00 bits per heavy atom. The van der Waals surface area contributed by atoms with E-state index in [4.69, 9.17) is 0 Å². The van der Waals surface area contributed by atoms with Gasteiger partial charge in [0.1, 0.15) is 5.52 Å². The molecule has 0 spiro atoms. The molecule has 0 fully saturated rings. The highest BCUT2D eigenvalue weighted by Gasteiger charge is 2.16. The van der Waals surface area contributed by atoms with Gasteiger partial charge in [0.2, 0.25) is 0 Å². The molecule has 0 aliphatic heterocycles. The third-order valence-corrected chi connectivity index (χ3v) is 3.61. The summed E-state index contributed by atoms with van der Waals surface area (Å²) in [5, 5.41) is 0. The molecule has 2 nitrogen and oxygen atoms in total. The van der Waals surface area contributed by atoms with Crippen LogP contribution in [0.15, 0.2) is 16.6 Å². The number of fused-ring (bicyclic) bond motifs is 1. The lowest BCUT2D eigenvalue weighted by Gasteiger charge is -2.20. The Labute approximate surface area is 111 Å². The lowest BCUT2D eigenvalue weighted by Crippen LogP contribution is -2.11. The fourth-order valence-electron chi connectivity index (χ4n) is 1.72. The van der Waals surface area contributed by atoms with E-state index in [1.165, 1.54) is 5.56 Å². The molecule has 1 aromatic heterocycles. The van der Waals surface area contributed by atoms with E-state index in [0.29, 0.717) is 0 Å². The second-order valence-corrected chi connectivity index (χ2v) is 6.32. The molecular weight excluding hydrogens is 276 g/mol. The molecule has 0 saturated heterocycles. The quantitative estimate of drug-likeness (QED) is 0.723. The number of benzene rings is 1. The highest BCUT2D eigenvalue weighted by molar-refractivity contribution is 9.10. The van der Waals surface area contributed by atoms with Gasteiger partial charge in [-0.25, -0.2) is 9.97 Å². The Kier molecular flexibility index (Phi) is 2.98. The van der Waals surface area contributed by atoms with E-state index < -0.39 is 0 Å². The maximum absolute atomic E-state index is 4.62. The van der Waals surface area contributed by atoms with Crippen LogP contribution in [0, 0.1) is 13.8 Å². The summed E-state index contributed by atoms with van der Waals surface area (Å²) in [5.74, 6) is 0. The summed E-state index contributed by atoms with van der Waals surface area (Å²) >= 11 is 3.60. The maximum atomic E-state index is 4.62. The zero-order chi connectivity index (χ0) is 12.8. The molecule has 17 heavy (non-hydrogen) atoms. The largest absolute Gasteiger partial charge is 0.250 e. The van der Waals surface area contributed by atoms with Crippen molar-refractivity contribution < 1.29 is 0 Å². The second-order valence-electron chi connectivity index (χ2n) is 5.47. The predicted molar refractivity (Wildman–Crippen MR) is 75.4 cm³/mol. The molecule has 0 unspecified atom stereocenters. The summed E-state index contributed by atoms with van der Waals surface area (Å²) in [6, 6.07) is 4.28. The Balaban J connectivity index is 2.78. The first-order chi connectivity index (χ1) is 7.79. The van der Waals surface area contributed by atoms with Crippen LogP contribution >= 0.6 is 15.9 Å². The number of aryl methyl sites for hydroxylation is 2. The SMILES string of the molecule is Cc1nc2cc(C(C)(C)C)cc(Br)c2nc1C. The molecule has 0 amide bonds. The summed E-state index contributed by atoms with van der Waals surface area (Å²) in [6.07, 6.45) is 0. The highest BCUT2D eigenvalue weighted by atomic mass is 79.9. The van der Waals surface area contributed by atoms with Crippen molar-refractivity contribution in [2.24, 2.45) is 0 Å². The van der Waals surface area contributed by atoms with Gasteiger partial charge in [0.05, 0.1) is 16.9 Å². The lowest BCUT2D eigenvalue weighted by molar-refractivity contribution is 0.590. The van der Waals surface area contributed by atoms with E-state index >= 15 is 0 Å². The van der Waals surface area contributed by atoms with Crippen molar-refractivity contribution in [3.8, 4) is 0 Å². The van der Waals surface area contributed by atoms with Crippen LogP contribution in [0.3, 0.4) is 0 Å². The first-order valence-electron chi connectivity index (χ1n) is 5.74. The average molecular weight is 293 g/mol. The molecule has 0 aliphatic rings. The smallest absolute Gasteiger partial charge is 0.103 e. The molecule has 3 heteroatoms. The topological polar surface area (TPSA) is 25.8 Å². The van der Waals surface area contributed by atoms with Gasteiger partial charge in [-0.3, -0.25) is 0 Å². The molecule has 0 aliphatic carbocycles. The third kappa shape index (κ3) is 2.34. The van der Waals surface area contributed by atoms with Crippen LogP contribution in [0.2, 0.25) is 0 Å². The van der Waals surface area contributed by atoms with Gasteiger partial charge in [-0.2, -0.15) is 0 Å². The fourth-order valence-corrected chi connectivity index (χ4v) is 2.26. The number of rotatable bonds is 0. The molecule has 1 heterocycles. The van der Waals surface area contributed by atoms with Gasteiger partial charge in [-0.1, -0.05) is 20.8 Å². The van der Waals surface area contributed by atoms with E-state index in [1.54, 1.807) is 0 Å². The van der Waals surface area contributed by atoms with Crippen molar-refractivity contribution in [1.29, 1.82) is 0 Å². The Bertz CT molecular complexity index is 583. The highest BCUT2D eigenvalue weighted by Crippen LogP contribution is 2.30. The van der Waals surface area contributed by atoms with E-state index in [1.807, 2.05) is 13.8 Å². The van der Waals surface area contributed by atoms with Gasteiger partial charge < -0.3 is 0 Å². The molecule has 0 N–H and O–H groups in total. The van der Waals surface area contributed by atoms with Crippen LogP contribution in [0.1, 0.15) is 37.7 Å². The minimum atomic E-state index is 0.122. The molecule has 0 radical (unpaired) electrons. The molecule has 2 rings (SSSR count). The molecule has 0 bridgehead atoms.